The van der Waals surface area contributed by atoms with Crippen molar-refractivity contribution in [3.05, 3.63) is 12.3 Å². The number of aliphatic hydroxyl groups excluding tert-OH is 1. The van der Waals surface area contributed by atoms with Crippen molar-refractivity contribution in [2.45, 2.75) is 19.1 Å². The monoisotopic (exact) mass is 144 g/mol. The summed E-state index contributed by atoms with van der Waals surface area (Å²) in [4.78, 5) is 0.550. The molecule has 2 nitrogen and oxygen atoms in total. The fraction of sp³-hybridized carbons (Fsp3) is 0.500. The summed E-state index contributed by atoms with van der Waals surface area (Å²) in [5.41, 5.74) is 0. The van der Waals surface area contributed by atoms with Gasteiger partial charge in [-0.05, 0) is 13.0 Å². The maximum atomic E-state index is 9.13. The second kappa shape index (κ2) is 2.45. The molecule has 0 bridgehead atoms. The molecule has 0 aromatic heterocycles. The molecule has 1 aliphatic heterocycles. The number of hydrogen-bond acceptors (Lipinski definition) is 3. The highest BCUT2D eigenvalue weighted by Gasteiger charge is 2.20. The first kappa shape index (κ1) is 6.71. The third-order valence-electron chi connectivity index (χ3n) is 1.26. The minimum atomic E-state index is -0.606. The lowest BCUT2D eigenvalue weighted by atomic mass is 10.1. The molecule has 2 atom stereocenters. The Bertz CT molecular complexity index is 153. The van der Waals surface area contributed by atoms with Gasteiger partial charge in [0.15, 0.2) is 0 Å². The molecule has 0 radical (unpaired) electrons. The molecule has 0 aromatic rings. The van der Waals surface area contributed by atoms with E-state index in [-0.39, 0.29) is 6.10 Å². The fourth-order valence-electron chi connectivity index (χ4n) is 0.635. The number of aliphatic hydroxyl groups is 1. The Morgan fingerprint density at radius 1 is 1.78 bits per heavy atom. The maximum absolute atomic E-state index is 9.13. The Morgan fingerprint density at radius 3 is 2.89 bits per heavy atom. The summed E-state index contributed by atoms with van der Waals surface area (Å²) in [6, 6.07) is 0. The summed E-state index contributed by atoms with van der Waals surface area (Å²) < 4.78 is 4.94. The van der Waals surface area contributed by atoms with E-state index in [1.54, 1.807) is 13.0 Å². The van der Waals surface area contributed by atoms with Crippen molar-refractivity contribution in [3.8, 4) is 0 Å². The van der Waals surface area contributed by atoms with Gasteiger partial charge < -0.3 is 9.84 Å². The van der Waals surface area contributed by atoms with E-state index in [0.29, 0.717) is 4.86 Å². The lowest BCUT2D eigenvalue weighted by molar-refractivity contribution is 0.0549. The third kappa shape index (κ3) is 1.28. The summed E-state index contributed by atoms with van der Waals surface area (Å²) >= 11 is 4.79. The molecule has 1 heterocycles. The number of ether oxygens (including phenoxy) is 1. The summed E-state index contributed by atoms with van der Waals surface area (Å²) in [6.07, 6.45) is 2.31. The maximum Gasteiger partial charge on any atom is 0.126 e. The molecule has 0 spiro atoms. The second-order valence-corrected chi connectivity index (χ2v) is 2.46. The lowest BCUT2D eigenvalue weighted by Gasteiger charge is -2.21. The fourth-order valence-corrected chi connectivity index (χ4v) is 0.882. The van der Waals surface area contributed by atoms with Crippen LogP contribution in [0, 0.1) is 0 Å². The molecule has 2 unspecified atom stereocenters. The van der Waals surface area contributed by atoms with E-state index in [4.69, 9.17) is 22.1 Å². The molecule has 0 fully saturated rings. The van der Waals surface area contributed by atoms with Crippen LogP contribution in [0.1, 0.15) is 6.92 Å². The molecule has 0 saturated carbocycles. The number of thiocarbonyl (C=S) groups is 1. The van der Waals surface area contributed by atoms with Gasteiger partial charge in [0.05, 0.1) is 11.1 Å². The van der Waals surface area contributed by atoms with E-state index < -0.39 is 6.10 Å². The molecule has 3 heteroatoms. The molecule has 1 rings (SSSR count). The zero-order valence-electron chi connectivity index (χ0n) is 5.07. The van der Waals surface area contributed by atoms with Crippen LogP contribution in [0.25, 0.3) is 0 Å². The summed E-state index contributed by atoms with van der Waals surface area (Å²) in [5, 5.41) is 9.13. The van der Waals surface area contributed by atoms with Crippen molar-refractivity contribution >= 4 is 17.1 Å². The predicted molar refractivity (Wildman–Crippen MR) is 38.3 cm³/mol. The van der Waals surface area contributed by atoms with Crippen LogP contribution in [0.3, 0.4) is 0 Å². The van der Waals surface area contributed by atoms with Gasteiger partial charge in [-0.1, -0.05) is 12.2 Å². The molecular weight excluding hydrogens is 136 g/mol. The zero-order chi connectivity index (χ0) is 6.85. The van der Waals surface area contributed by atoms with Crippen molar-refractivity contribution in [2.75, 3.05) is 0 Å². The topological polar surface area (TPSA) is 29.5 Å². The number of rotatable bonds is 0. The summed E-state index contributed by atoms with van der Waals surface area (Å²) in [5.74, 6) is 0. The van der Waals surface area contributed by atoms with Gasteiger partial charge in [0, 0.05) is 0 Å². The molecular formula is C6H8O2S. The van der Waals surface area contributed by atoms with Crippen molar-refractivity contribution in [3.63, 3.8) is 0 Å². The highest BCUT2D eigenvalue weighted by atomic mass is 32.1. The predicted octanol–water partition coefficient (Wildman–Crippen LogP) is 0.650. The smallest absolute Gasteiger partial charge is 0.126 e. The number of hydrogen-bond donors (Lipinski definition) is 1. The lowest BCUT2D eigenvalue weighted by Crippen LogP contribution is -2.33. The van der Waals surface area contributed by atoms with E-state index in [1.165, 1.54) is 6.26 Å². The van der Waals surface area contributed by atoms with Crippen LogP contribution < -0.4 is 0 Å². The van der Waals surface area contributed by atoms with Gasteiger partial charge in [0.25, 0.3) is 0 Å². The molecule has 1 aliphatic rings. The van der Waals surface area contributed by atoms with Crippen LogP contribution in [-0.2, 0) is 4.74 Å². The second-order valence-electron chi connectivity index (χ2n) is 1.99. The normalized spacial score (nSPS) is 34.2. The quantitative estimate of drug-likeness (QED) is 0.506. The molecule has 0 aliphatic carbocycles. The summed E-state index contributed by atoms with van der Waals surface area (Å²) in [7, 11) is 0. The van der Waals surface area contributed by atoms with Gasteiger partial charge in [-0.25, -0.2) is 0 Å². The SMILES string of the molecule is CC1OC=CC(=S)C1O. The minimum absolute atomic E-state index is 0.192. The Labute approximate surface area is 59.1 Å². The average Bonchev–Trinajstić information content (AvgIpc) is 1.83. The van der Waals surface area contributed by atoms with Crippen LogP contribution in [-0.4, -0.2) is 22.2 Å². The van der Waals surface area contributed by atoms with E-state index in [2.05, 4.69) is 0 Å². The van der Waals surface area contributed by atoms with E-state index in [0.717, 1.165) is 0 Å². The van der Waals surface area contributed by atoms with Crippen molar-refractivity contribution in [1.29, 1.82) is 0 Å². The van der Waals surface area contributed by atoms with Crippen molar-refractivity contribution in [1.82, 2.24) is 0 Å². The van der Waals surface area contributed by atoms with Gasteiger partial charge in [0.1, 0.15) is 12.2 Å². The van der Waals surface area contributed by atoms with Gasteiger partial charge >= 0.3 is 0 Å². The first-order valence-corrected chi connectivity index (χ1v) is 3.16. The van der Waals surface area contributed by atoms with Crippen LogP contribution in [0.4, 0.5) is 0 Å². The first-order valence-electron chi connectivity index (χ1n) is 2.76. The van der Waals surface area contributed by atoms with Gasteiger partial charge in [-0.3, -0.25) is 0 Å². The Balaban J connectivity index is 2.69. The van der Waals surface area contributed by atoms with E-state index in [1.807, 2.05) is 0 Å². The molecule has 0 amide bonds. The van der Waals surface area contributed by atoms with Crippen LogP contribution in [0.15, 0.2) is 12.3 Å². The highest BCUT2D eigenvalue weighted by molar-refractivity contribution is 7.80. The van der Waals surface area contributed by atoms with Crippen molar-refractivity contribution in [2.24, 2.45) is 0 Å². The highest BCUT2D eigenvalue weighted by Crippen LogP contribution is 2.08. The first-order chi connectivity index (χ1) is 4.22. The molecule has 50 valence electrons. The largest absolute Gasteiger partial charge is 0.495 e. The van der Waals surface area contributed by atoms with Crippen LogP contribution >= 0.6 is 12.2 Å². The standard InChI is InChI=1S/C6H8O2S/c1-4-6(7)5(9)2-3-8-4/h2-4,6-7H,1H3. The molecule has 0 saturated heterocycles. The van der Waals surface area contributed by atoms with E-state index >= 15 is 0 Å². The summed E-state index contributed by atoms with van der Waals surface area (Å²) in [6.45, 7) is 1.78. The Kier molecular flexibility index (Phi) is 1.83. The minimum Gasteiger partial charge on any atom is -0.495 e. The van der Waals surface area contributed by atoms with Crippen LogP contribution in [0.5, 0.6) is 0 Å². The van der Waals surface area contributed by atoms with Crippen LogP contribution in [0.2, 0.25) is 0 Å². The molecule has 9 heavy (non-hydrogen) atoms. The van der Waals surface area contributed by atoms with E-state index in [9.17, 15) is 0 Å². The van der Waals surface area contributed by atoms with Gasteiger partial charge in [0.2, 0.25) is 0 Å². The van der Waals surface area contributed by atoms with Gasteiger partial charge in [-0.15, -0.1) is 0 Å². The Morgan fingerprint density at radius 2 is 2.44 bits per heavy atom. The Hall–Kier alpha value is -0.410. The van der Waals surface area contributed by atoms with Gasteiger partial charge in [-0.2, -0.15) is 0 Å². The molecule has 0 aromatic carbocycles. The third-order valence-corrected chi connectivity index (χ3v) is 1.64. The van der Waals surface area contributed by atoms with Crippen molar-refractivity contribution < 1.29 is 9.84 Å². The average molecular weight is 144 g/mol. The molecule has 1 N–H and O–H groups in total. The zero-order valence-corrected chi connectivity index (χ0v) is 5.89.